The molecule has 2 aromatic rings. The van der Waals surface area contributed by atoms with Gasteiger partial charge in [0.1, 0.15) is 0 Å². The van der Waals surface area contributed by atoms with Gasteiger partial charge in [0.2, 0.25) is 0 Å². The van der Waals surface area contributed by atoms with Crippen LogP contribution in [0.25, 0.3) is 10.9 Å². The van der Waals surface area contributed by atoms with Crippen LogP contribution in [0.15, 0.2) is 30.5 Å². The summed E-state index contributed by atoms with van der Waals surface area (Å²) < 4.78 is 39.3. The number of carbonyl (C=O) groups is 2. The van der Waals surface area contributed by atoms with Crippen molar-refractivity contribution in [3.8, 4) is 0 Å². The number of carboxylic acid groups (broad SMARTS) is 1. The number of alkyl halides is 3. The van der Waals surface area contributed by atoms with Gasteiger partial charge >= 0.3 is 12.1 Å². The first kappa shape index (κ1) is 18.5. The molecule has 1 aliphatic heterocycles. The maximum atomic E-state index is 13.1. The fourth-order valence-electron chi connectivity index (χ4n) is 3.21. The number of rotatable bonds is 3. The molecule has 0 aliphatic carbocycles. The lowest BCUT2D eigenvalue weighted by Crippen LogP contribution is -2.34. The van der Waals surface area contributed by atoms with Crippen molar-refractivity contribution in [2.75, 3.05) is 13.1 Å². The molecule has 27 heavy (non-hydrogen) atoms. The number of nitrogens with zero attached hydrogens (tertiary/aromatic N) is 3. The van der Waals surface area contributed by atoms with Crippen molar-refractivity contribution in [2.45, 2.75) is 6.18 Å². The van der Waals surface area contributed by atoms with Crippen LogP contribution in [0.4, 0.5) is 18.9 Å². The number of hydrogen-bond acceptors (Lipinski definition) is 5. The molecule has 2 atom stereocenters. The third-order valence-corrected chi connectivity index (χ3v) is 4.52. The summed E-state index contributed by atoms with van der Waals surface area (Å²) in [6.07, 6.45) is -3.47. The van der Waals surface area contributed by atoms with E-state index >= 15 is 0 Å². The number of non-ortho nitro benzene ring substituents is 1. The zero-order chi connectivity index (χ0) is 19.9. The van der Waals surface area contributed by atoms with Gasteiger partial charge in [0.05, 0.1) is 33.2 Å². The third kappa shape index (κ3) is 3.27. The molecule has 142 valence electrons. The highest BCUT2D eigenvalue weighted by molar-refractivity contribution is 6.07. The van der Waals surface area contributed by atoms with Crippen molar-refractivity contribution in [3.05, 3.63) is 46.1 Å². The summed E-state index contributed by atoms with van der Waals surface area (Å²) in [7, 11) is 0. The van der Waals surface area contributed by atoms with E-state index in [0.29, 0.717) is 0 Å². The molecule has 3 rings (SSSR count). The summed E-state index contributed by atoms with van der Waals surface area (Å²) in [6, 6.07) is 5.00. The smallest absolute Gasteiger partial charge is 0.394 e. The van der Waals surface area contributed by atoms with E-state index in [1.54, 1.807) is 0 Å². The zero-order valence-electron chi connectivity index (χ0n) is 13.5. The Morgan fingerprint density at radius 2 is 1.96 bits per heavy atom. The van der Waals surface area contributed by atoms with Crippen molar-refractivity contribution >= 4 is 28.5 Å². The molecule has 1 fully saturated rings. The number of carboxylic acids is 1. The van der Waals surface area contributed by atoms with Crippen LogP contribution in [0.1, 0.15) is 10.4 Å². The molecule has 0 unspecified atom stereocenters. The van der Waals surface area contributed by atoms with Crippen LogP contribution in [0.3, 0.4) is 0 Å². The molecule has 1 aromatic carbocycles. The molecule has 8 nitrogen and oxygen atoms in total. The largest absolute Gasteiger partial charge is 0.481 e. The van der Waals surface area contributed by atoms with Gasteiger partial charge in [0.25, 0.3) is 11.6 Å². The summed E-state index contributed by atoms with van der Waals surface area (Å²) in [4.78, 5) is 39.1. The second-order valence-corrected chi connectivity index (χ2v) is 6.09. The van der Waals surface area contributed by atoms with E-state index in [-0.39, 0.29) is 22.2 Å². The lowest BCUT2D eigenvalue weighted by Gasteiger charge is -2.18. The zero-order valence-corrected chi connectivity index (χ0v) is 13.5. The molecule has 1 aromatic heterocycles. The maximum Gasteiger partial charge on any atom is 0.394 e. The van der Waals surface area contributed by atoms with Crippen molar-refractivity contribution in [1.29, 1.82) is 0 Å². The van der Waals surface area contributed by atoms with E-state index in [1.807, 2.05) is 0 Å². The number of likely N-dealkylation sites (tertiary alicyclic amines) is 1. The van der Waals surface area contributed by atoms with Gasteiger partial charge in [-0.15, -0.1) is 0 Å². The maximum absolute atomic E-state index is 13.1. The number of hydrogen-bond donors (Lipinski definition) is 1. The molecule has 1 amide bonds. The Kier molecular flexibility index (Phi) is 4.46. The second kappa shape index (κ2) is 6.49. The minimum Gasteiger partial charge on any atom is -0.481 e. The summed E-state index contributed by atoms with van der Waals surface area (Å²) in [5, 5.41) is 20.2. The van der Waals surface area contributed by atoms with Gasteiger partial charge in [-0.1, -0.05) is 0 Å². The Hall–Kier alpha value is -3.24. The molecule has 2 heterocycles. The first-order valence-electron chi connectivity index (χ1n) is 7.72. The van der Waals surface area contributed by atoms with E-state index in [4.69, 9.17) is 5.11 Å². The summed E-state index contributed by atoms with van der Waals surface area (Å²) in [5.41, 5.74) is -0.449. The monoisotopic (exact) mass is 383 g/mol. The SMILES string of the molecule is O=C(O)[C@@H]1CN(C(=O)c2ccc([N+](=O)[O-])c3cccnc23)C[C@H]1C(F)(F)F. The number of aliphatic carboxylic acids is 1. The Labute approximate surface area is 149 Å². The minimum atomic E-state index is -4.77. The molecular formula is C16H12F3N3O5. The number of benzene rings is 1. The number of fused-ring (bicyclic) bond motifs is 1. The normalized spacial score (nSPS) is 20.0. The highest BCUT2D eigenvalue weighted by atomic mass is 19.4. The highest BCUT2D eigenvalue weighted by Gasteiger charge is 2.53. The second-order valence-electron chi connectivity index (χ2n) is 6.09. The average molecular weight is 383 g/mol. The minimum absolute atomic E-state index is 0.0287. The van der Waals surface area contributed by atoms with Crippen LogP contribution in [-0.4, -0.2) is 51.1 Å². The Balaban J connectivity index is 2.01. The van der Waals surface area contributed by atoms with Crippen LogP contribution in [0.2, 0.25) is 0 Å². The number of aromatic nitrogens is 1. The third-order valence-electron chi connectivity index (χ3n) is 4.52. The lowest BCUT2D eigenvalue weighted by molar-refractivity contribution is -0.383. The molecule has 1 N–H and O–H groups in total. The number of halogens is 3. The Morgan fingerprint density at radius 1 is 1.26 bits per heavy atom. The number of carbonyl (C=O) groups excluding carboxylic acids is 1. The predicted molar refractivity (Wildman–Crippen MR) is 85.0 cm³/mol. The number of amides is 1. The van der Waals surface area contributed by atoms with Crippen LogP contribution in [0, 0.1) is 22.0 Å². The topological polar surface area (TPSA) is 114 Å². The van der Waals surface area contributed by atoms with Gasteiger partial charge in [-0.05, 0) is 18.2 Å². The van der Waals surface area contributed by atoms with Gasteiger partial charge in [0.15, 0.2) is 0 Å². The van der Waals surface area contributed by atoms with Gasteiger partial charge in [-0.2, -0.15) is 13.2 Å². The first-order chi connectivity index (χ1) is 12.6. The van der Waals surface area contributed by atoms with Crippen LogP contribution < -0.4 is 0 Å². The Morgan fingerprint density at radius 3 is 2.52 bits per heavy atom. The lowest BCUT2D eigenvalue weighted by atomic mass is 9.96. The Bertz CT molecular complexity index is 947. The number of nitro groups is 1. The molecule has 0 spiro atoms. The van der Waals surface area contributed by atoms with Gasteiger partial charge in [-0.3, -0.25) is 24.7 Å². The molecular weight excluding hydrogens is 371 g/mol. The van der Waals surface area contributed by atoms with E-state index in [1.165, 1.54) is 18.3 Å². The molecule has 1 aliphatic rings. The van der Waals surface area contributed by atoms with Crippen LogP contribution in [0.5, 0.6) is 0 Å². The quantitative estimate of drug-likeness (QED) is 0.643. The fourth-order valence-corrected chi connectivity index (χ4v) is 3.21. The summed E-state index contributed by atoms with van der Waals surface area (Å²) >= 11 is 0. The van der Waals surface area contributed by atoms with Crippen molar-refractivity contribution in [3.63, 3.8) is 0 Å². The number of nitro benzene ring substituents is 1. The molecule has 1 saturated heterocycles. The standard InChI is InChI=1S/C16H12F3N3O5/c17-16(18,19)11-7-21(6-10(11)15(24)25)14(23)9-3-4-12(22(26)27)8-2-1-5-20-13(8)9/h1-5,10-11H,6-7H2,(H,24,25)/t10-,11-/m1/s1. The predicted octanol–water partition coefficient (Wildman–Crippen LogP) is 2.48. The highest BCUT2D eigenvalue weighted by Crippen LogP contribution is 2.38. The summed E-state index contributed by atoms with van der Waals surface area (Å²) in [5.74, 6) is -6.45. The number of pyridine rings is 1. The van der Waals surface area contributed by atoms with Crippen LogP contribution in [-0.2, 0) is 4.79 Å². The molecule has 0 radical (unpaired) electrons. The van der Waals surface area contributed by atoms with Gasteiger partial charge in [0, 0.05) is 25.4 Å². The van der Waals surface area contributed by atoms with E-state index in [2.05, 4.69) is 4.98 Å². The van der Waals surface area contributed by atoms with Crippen molar-refractivity contribution in [2.24, 2.45) is 11.8 Å². The van der Waals surface area contributed by atoms with Gasteiger partial charge < -0.3 is 10.0 Å². The summed E-state index contributed by atoms with van der Waals surface area (Å²) in [6.45, 7) is -1.41. The van der Waals surface area contributed by atoms with E-state index in [9.17, 15) is 32.9 Å². The van der Waals surface area contributed by atoms with E-state index in [0.717, 1.165) is 17.0 Å². The molecule has 11 heteroatoms. The fraction of sp³-hybridized carbons (Fsp3) is 0.312. The van der Waals surface area contributed by atoms with E-state index < -0.39 is 47.9 Å². The average Bonchev–Trinajstić information content (AvgIpc) is 3.06. The van der Waals surface area contributed by atoms with Crippen molar-refractivity contribution in [1.82, 2.24) is 9.88 Å². The molecule has 0 bridgehead atoms. The first-order valence-corrected chi connectivity index (χ1v) is 7.72. The van der Waals surface area contributed by atoms with Crippen LogP contribution >= 0.6 is 0 Å². The van der Waals surface area contributed by atoms with Gasteiger partial charge in [-0.25, -0.2) is 0 Å². The molecule has 0 saturated carbocycles. The van der Waals surface area contributed by atoms with Crippen molar-refractivity contribution < 1.29 is 32.8 Å².